The van der Waals surface area contributed by atoms with Crippen molar-refractivity contribution < 1.29 is 14.7 Å². The third kappa shape index (κ3) is 3.24. The van der Waals surface area contributed by atoms with Gasteiger partial charge in [-0.1, -0.05) is 72.8 Å². The number of carbonyl (C=O) groups is 2. The van der Waals surface area contributed by atoms with Gasteiger partial charge in [-0.25, -0.2) is 0 Å². The zero-order chi connectivity index (χ0) is 22.3. The molecule has 5 rings (SSSR count). The quantitative estimate of drug-likeness (QED) is 0.368. The summed E-state index contributed by atoms with van der Waals surface area (Å²) in [4.78, 5) is 28.1. The van der Waals surface area contributed by atoms with Gasteiger partial charge in [0, 0.05) is 16.8 Å². The van der Waals surface area contributed by atoms with Crippen molar-refractivity contribution in [1.82, 2.24) is 0 Å². The summed E-state index contributed by atoms with van der Waals surface area (Å²) in [6, 6.07) is 27.6. The van der Waals surface area contributed by atoms with E-state index in [1.165, 1.54) is 0 Å². The third-order valence-electron chi connectivity index (χ3n) is 6.07. The number of rotatable bonds is 5. The maximum Gasteiger partial charge on any atom is 0.264 e. The van der Waals surface area contributed by atoms with Crippen LogP contribution in [0.2, 0.25) is 0 Å². The van der Waals surface area contributed by atoms with Gasteiger partial charge in [-0.05, 0) is 34.5 Å². The monoisotopic (exact) mass is 422 g/mol. The second-order valence-corrected chi connectivity index (χ2v) is 8.13. The number of ketones is 1. The highest BCUT2D eigenvalue weighted by atomic mass is 16.3. The van der Waals surface area contributed by atoms with E-state index in [0.717, 1.165) is 16.3 Å². The van der Waals surface area contributed by atoms with E-state index >= 15 is 0 Å². The molecular formula is C27H22N2O3. The van der Waals surface area contributed by atoms with Crippen LogP contribution in [0.5, 0.6) is 0 Å². The number of hydrogen-bond acceptors (Lipinski definition) is 4. The van der Waals surface area contributed by atoms with Gasteiger partial charge in [0.1, 0.15) is 0 Å². The van der Waals surface area contributed by atoms with Crippen LogP contribution in [-0.2, 0) is 16.9 Å². The van der Waals surface area contributed by atoms with E-state index in [9.17, 15) is 14.7 Å². The largest absolute Gasteiger partial charge is 0.399 e. The maximum atomic E-state index is 13.6. The Bertz CT molecular complexity index is 1360. The highest BCUT2D eigenvalue weighted by molar-refractivity contribution is 6.11. The number of para-hydroxylation sites is 1. The van der Waals surface area contributed by atoms with Crippen LogP contribution in [0.4, 0.5) is 11.4 Å². The molecule has 4 aromatic carbocycles. The van der Waals surface area contributed by atoms with Crippen molar-refractivity contribution in [3.05, 3.63) is 108 Å². The second kappa shape index (κ2) is 7.62. The van der Waals surface area contributed by atoms with Crippen molar-refractivity contribution in [2.45, 2.75) is 18.6 Å². The number of carbonyl (C=O) groups excluding carboxylic acids is 2. The molecule has 0 spiro atoms. The van der Waals surface area contributed by atoms with E-state index in [4.69, 9.17) is 5.73 Å². The van der Waals surface area contributed by atoms with Crippen LogP contribution in [0.3, 0.4) is 0 Å². The Kier molecular flexibility index (Phi) is 4.76. The van der Waals surface area contributed by atoms with Crippen LogP contribution < -0.4 is 10.6 Å². The molecule has 1 unspecified atom stereocenters. The van der Waals surface area contributed by atoms with Crippen molar-refractivity contribution in [2.24, 2.45) is 0 Å². The minimum atomic E-state index is -1.93. The zero-order valence-corrected chi connectivity index (χ0v) is 17.4. The van der Waals surface area contributed by atoms with Gasteiger partial charge in [-0.3, -0.25) is 9.59 Å². The van der Waals surface area contributed by atoms with E-state index in [-0.39, 0.29) is 12.2 Å². The van der Waals surface area contributed by atoms with Crippen LogP contribution in [0.15, 0.2) is 91.0 Å². The summed E-state index contributed by atoms with van der Waals surface area (Å²) in [7, 11) is 0. The second-order valence-electron chi connectivity index (χ2n) is 8.13. The third-order valence-corrected chi connectivity index (χ3v) is 6.07. The number of benzene rings is 4. The standard InChI is InChI=1S/C27H22N2O3/c28-21-11-6-9-19(15-21)25(30)16-27(32)23-13-3-4-14-24(23)29(26(27)31)17-20-10-5-8-18-7-1-2-12-22(18)20/h1-15,32H,16-17,28H2. The van der Waals surface area contributed by atoms with Gasteiger partial charge in [0.2, 0.25) is 0 Å². The molecule has 0 saturated heterocycles. The molecule has 1 atom stereocenters. The van der Waals surface area contributed by atoms with Crippen LogP contribution >= 0.6 is 0 Å². The van der Waals surface area contributed by atoms with Crippen molar-refractivity contribution in [1.29, 1.82) is 0 Å². The summed E-state index contributed by atoms with van der Waals surface area (Å²) in [6.07, 6.45) is -0.349. The Morgan fingerprint density at radius 1 is 0.906 bits per heavy atom. The number of anilines is 2. The van der Waals surface area contributed by atoms with Gasteiger partial charge >= 0.3 is 0 Å². The Hall–Kier alpha value is -3.96. The number of Topliss-reactive ketones (excluding diaryl/α,β-unsaturated/α-hetero) is 1. The smallest absolute Gasteiger partial charge is 0.264 e. The number of aliphatic hydroxyl groups is 1. The lowest BCUT2D eigenvalue weighted by Crippen LogP contribution is -2.41. The van der Waals surface area contributed by atoms with Crippen LogP contribution in [0, 0.1) is 0 Å². The number of fused-ring (bicyclic) bond motifs is 2. The van der Waals surface area contributed by atoms with Crippen molar-refractivity contribution >= 4 is 33.8 Å². The van der Waals surface area contributed by atoms with Gasteiger partial charge in [0.05, 0.1) is 18.7 Å². The molecule has 0 fully saturated rings. The lowest BCUT2D eigenvalue weighted by molar-refractivity contribution is -0.136. The van der Waals surface area contributed by atoms with E-state index in [1.54, 1.807) is 47.4 Å². The number of nitrogens with two attached hydrogens (primary N) is 1. The molecule has 1 aliphatic rings. The van der Waals surface area contributed by atoms with Crippen LogP contribution in [0.1, 0.15) is 27.9 Å². The van der Waals surface area contributed by atoms with Gasteiger partial charge in [-0.2, -0.15) is 0 Å². The summed E-state index contributed by atoms with van der Waals surface area (Å²) in [5.41, 5.74) is 6.74. The first-order valence-corrected chi connectivity index (χ1v) is 10.5. The SMILES string of the molecule is Nc1cccc(C(=O)CC2(O)C(=O)N(Cc3cccc4ccccc34)c3ccccc32)c1. The number of nitrogen functional groups attached to an aromatic ring is 1. The lowest BCUT2D eigenvalue weighted by atomic mass is 9.88. The highest BCUT2D eigenvalue weighted by Crippen LogP contribution is 2.44. The van der Waals surface area contributed by atoms with Crippen LogP contribution in [-0.4, -0.2) is 16.8 Å². The summed E-state index contributed by atoms with van der Waals surface area (Å²) >= 11 is 0. The molecular weight excluding hydrogens is 400 g/mol. The molecule has 1 heterocycles. The lowest BCUT2D eigenvalue weighted by Gasteiger charge is -2.23. The maximum absolute atomic E-state index is 13.6. The Morgan fingerprint density at radius 3 is 2.47 bits per heavy atom. The Labute approximate surface area is 185 Å². The normalized spacial score (nSPS) is 17.5. The minimum Gasteiger partial charge on any atom is -0.399 e. The number of amides is 1. The van der Waals surface area contributed by atoms with Crippen molar-refractivity contribution in [3.8, 4) is 0 Å². The summed E-state index contributed by atoms with van der Waals surface area (Å²) < 4.78 is 0. The molecule has 158 valence electrons. The molecule has 5 nitrogen and oxygen atoms in total. The molecule has 0 saturated carbocycles. The first kappa shape index (κ1) is 20.0. The summed E-state index contributed by atoms with van der Waals surface area (Å²) in [5, 5.41) is 13.7. The molecule has 1 aliphatic heterocycles. The number of hydrogen-bond donors (Lipinski definition) is 2. The molecule has 0 aromatic heterocycles. The fraction of sp³-hybridized carbons (Fsp3) is 0.111. The molecule has 5 heteroatoms. The average molecular weight is 422 g/mol. The van der Waals surface area contributed by atoms with Crippen molar-refractivity contribution in [3.63, 3.8) is 0 Å². The molecule has 0 aliphatic carbocycles. The van der Waals surface area contributed by atoms with E-state index in [2.05, 4.69) is 0 Å². The first-order chi connectivity index (χ1) is 15.5. The molecule has 1 amide bonds. The zero-order valence-electron chi connectivity index (χ0n) is 17.4. The highest BCUT2D eigenvalue weighted by Gasteiger charge is 2.50. The molecule has 32 heavy (non-hydrogen) atoms. The van der Waals surface area contributed by atoms with Gasteiger partial charge in [0.25, 0.3) is 5.91 Å². The molecule has 0 radical (unpaired) electrons. The fourth-order valence-corrected chi connectivity index (χ4v) is 4.48. The predicted octanol–water partition coefficient (Wildman–Crippen LogP) is 4.43. The van der Waals surface area contributed by atoms with Gasteiger partial charge < -0.3 is 15.7 Å². The minimum absolute atomic E-state index is 0.298. The summed E-state index contributed by atoms with van der Waals surface area (Å²) in [5.74, 6) is -0.834. The van der Waals surface area contributed by atoms with Gasteiger partial charge in [0.15, 0.2) is 11.4 Å². The average Bonchev–Trinajstić information content (AvgIpc) is 3.01. The van der Waals surface area contributed by atoms with E-state index < -0.39 is 11.5 Å². The van der Waals surface area contributed by atoms with Crippen molar-refractivity contribution in [2.75, 3.05) is 10.6 Å². The van der Waals surface area contributed by atoms with Gasteiger partial charge in [-0.15, -0.1) is 0 Å². The fourth-order valence-electron chi connectivity index (χ4n) is 4.48. The summed E-state index contributed by atoms with van der Waals surface area (Å²) in [6.45, 7) is 0.298. The molecule has 0 bridgehead atoms. The van der Waals surface area contributed by atoms with E-state index in [1.807, 2.05) is 48.5 Å². The Morgan fingerprint density at radius 2 is 1.62 bits per heavy atom. The molecule has 3 N–H and O–H groups in total. The first-order valence-electron chi connectivity index (χ1n) is 10.5. The van der Waals surface area contributed by atoms with E-state index in [0.29, 0.717) is 29.0 Å². The topological polar surface area (TPSA) is 83.6 Å². The number of nitrogens with zero attached hydrogens (tertiary/aromatic N) is 1. The molecule has 4 aromatic rings. The predicted molar refractivity (Wildman–Crippen MR) is 125 cm³/mol. The van der Waals surface area contributed by atoms with Crippen LogP contribution in [0.25, 0.3) is 10.8 Å². The Balaban J connectivity index is 1.52.